The number of benzene rings is 4. The number of amides is 2. The van der Waals surface area contributed by atoms with Crippen LogP contribution in [0.1, 0.15) is 103 Å². The number of carbonyl (C=O) groups is 2. The van der Waals surface area contributed by atoms with Gasteiger partial charge in [0, 0.05) is 30.1 Å². The molecule has 0 spiro atoms. The normalized spacial score (nSPS) is 23.3. The van der Waals surface area contributed by atoms with Crippen molar-refractivity contribution in [2.75, 3.05) is 6.54 Å². The summed E-state index contributed by atoms with van der Waals surface area (Å²) in [6.07, 6.45) is 8.49. The van der Waals surface area contributed by atoms with Gasteiger partial charge in [-0.15, -0.1) is 0 Å². The fraction of sp³-hybridized carbons (Fsp3) is 0.385. The van der Waals surface area contributed by atoms with E-state index < -0.39 is 0 Å². The molecule has 1 saturated carbocycles. The molecule has 2 bridgehead atoms. The maximum atomic E-state index is 13.0. The molecule has 44 heavy (non-hydrogen) atoms. The lowest BCUT2D eigenvalue weighted by atomic mass is 9.84. The van der Waals surface area contributed by atoms with Crippen molar-refractivity contribution in [3.8, 4) is 0 Å². The Bertz CT molecular complexity index is 1640. The van der Waals surface area contributed by atoms with Gasteiger partial charge in [0.05, 0.1) is 6.04 Å². The van der Waals surface area contributed by atoms with Gasteiger partial charge in [-0.2, -0.15) is 0 Å². The molecule has 5 nitrogen and oxygen atoms in total. The van der Waals surface area contributed by atoms with E-state index in [1.807, 2.05) is 30.3 Å². The van der Waals surface area contributed by atoms with Crippen LogP contribution in [0.25, 0.3) is 10.8 Å². The number of hydrogen-bond acceptors (Lipinski definition) is 3. The lowest BCUT2D eigenvalue weighted by molar-refractivity contribution is 0.0992. The number of nitrogens with one attached hydrogen (secondary N) is 2. The average molecular weight is 586 g/mol. The van der Waals surface area contributed by atoms with E-state index in [4.69, 9.17) is 0 Å². The quantitative estimate of drug-likeness (QED) is 0.194. The summed E-state index contributed by atoms with van der Waals surface area (Å²) >= 11 is 0. The summed E-state index contributed by atoms with van der Waals surface area (Å²) in [5, 5.41) is 8.83. The molecule has 2 aliphatic heterocycles. The molecule has 4 aromatic carbocycles. The van der Waals surface area contributed by atoms with Crippen LogP contribution in [-0.2, 0) is 6.42 Å². The van der Waals surface area contributed by atoms with Crippen LogP contribution in [0.5, 0.6) is 0 Å². The zero-order valence-electron chi connectivity index (χ0n) is 25.7. The largest absolute Gasteiger partial charge is 0.335 e. The van der Waals surface area contributed by atoms with Crippen LogP contribution in [0, 0.1) is 5.92 Å². The number of Topliss-reactive ketones (excluding diaryl/α,β-unsaturated/α-hetero) is 1. The Hall–Kier alpha value is -3.96. The molecule has 3 aliphatic rings. The number of nitrogens with zero attached hydrogens (tertiary/aromatic N) is 1. The Morgan fingerprint density at radius 1 is 0.795 bits per heavy atom. The van der Waals surface area contributed by atoms with Crippen LogP contribution >= 0.6 is 0 Å². The third-order valence-electron chi connectivity index (χ3n) is 10.5. The van der Waals surface area contributed by atoms with Gasteiger partial charge >= 0.3 is 6.03 Å². The van der Waals surface area contributed by atoms with Crippen LogP contribution in [0.4, 0.5) is 4.79 Å². The van der Waals surface area contributed by atoms with E-state index in [9.17, 15) is 9.59 Å². The van der Waals surface area contributed by atoms with Crippen LogP contribution in [0.15, 0.2) is 91.0 Å². The molecular weight excluding hydrogens is 542 g/mol. The van der Waals surface area contributed by atoms with Crippen molar-refractivity contribution in [1.29, 1.82) is 0 Å². The van der Waals surface area contributed by atoms with Gasteiger partial charge in [-0.25, -0.2) is 4.79 Å². The van der Waals surface area contributed by atoms with Crippen LogP contribution in [0.2, 0.25) is 0 Å². The molecule has 226 valence electrons. The summed E-state index contributed by atoms with van der Waals surface area (Å²) in [6, 6.07) is 32.2. The Morgan fingerprint density at radius 3 is 2.34 bits per heavy atom. The fourth-order valence-corrected chi connectivity index (χ4v) is 8.12. The van der Waals surface area contributed by atoms with E-state index in [1.165, 1.54) is 41.2 Å². The third kappa shape index (κ3) is 5.90. The minimum absolute atomic E-state index is 0.0598. The van der Waals surface area contributed by atoms with E-state index in [0.29, 0.717) is 24.4 Å². The van der Waals surface area contributed by atoms with Gasteiger partial charge in [-0.3, -0.25) is 9.69 Å². The van der Waals surface area contributed by atoms with Gasteiger partial charge < -0.3 is 10.6 Å². The number of ketones is 1. The van der Waals surface area contributed by atoms with Gasteiger partial charge in [0.25, 0.3) is 0 Å². The first-order valence-electron chi connectivity index (χ1n) is 16.5. The van der Waals surface area contributed by atoms with E-state index in [-0.39, 0.29) is 23.9 Å². The monoisotopic (exact) mass is 585 g/mol. The second-order valence-corrected chi connectivity index (χ2v) is 13.2. The Labute approximate surface area is 261 Å². The topological polar surface area (TPSA) is 61.4 Å². The van der Waals surface area contributed by atoms with Crippen molar-refractivity contribution in [2.45, 2.75) is 82.5 Å². The first-order chi connectivity index (χ1) is 21.5. The summed E-state index contributed by atoms with van der Waals surface area (Å²) in [7, 11) is 0. The third-order valence-corrected chi connectivity index (χ3v) is 10.5. The second-order valence-electron chi connectivity index (χ2n) is 13.2. The maximum Gasteiger partial charge on any atom is 0.315 e. The fourth-order valence-electron chi connectivity index (χ4n) is 8.12. The minimum atomic E-state index is -0.0677. The van der Waals surface area contributed by atoms with Crippen molar-refractivity contribution >= 4 is 22.6 Å². The van der Waals surface area contributed by atoms with Crippen molar-refractivity contribution in [2.24, 2.45) is 5.92 Å². The number of hydrogen-bond donors (Lipinski definition) is 2. The predicted octanol–water partition coefficient (Wildman–Crippen LogP) is 8.47. The number of fused-ring (bicyclic) bond motifs is 6. The molecule has 0 aromatic heterocycles. The van der Waals surface area contributed by atoms with Crippen molar-refractivity contribution < 1.29 is 9.59 Å². The molecule has 2 amide bonds. The van der Waals surface area contributed by atoms with Crippen molar-refractivity contribution in [1.82, 2.24) is 15.5 Å². The predicted molar refractivity (Wildman–Crippen MR) is 177 cm³/mol. The van der Waals surface area contributed by atoms with E-state index in [2.05, 4.69) is 83.1 Å². The molecule has 4 aromatic rings. The molecule has 2 fully saturated rings. The molecule has 0 radical (unpaired) electrons. The lowest BCUT2D eigenvalue weighted by Gasteiger charge is -2.31. The van der Waals surface area contributed by atoms with E-state index in [1.54, 1.807) is 0 Å². The Kier molecular flexibility index (Phi) is 8.22. The maximum absolute atomic E-state index is 13.0. The Morgan fingerprint density at radius 2 is 1.52 bits per heavy atom. The van der Waals surface area contributed by atoms with Gasteiger partial charge in [0.15, 0.2) is 5.78 Å². The molecule has 3 atom stereocenters. The van der Waals surface area contributed by atoms with Gasteiger partial charge in [0.2, 0.25) is 0 Å². The zero-order valence-corrected chi connectivity index (χ0v) is 25.7. The lowest BCUT2D eigenvalue weighted by Crippen LogP contribution is -2.44. The first kappa shape index (κ1) is 28.8. The van der Waals surface area contributed by atoms with Crippen molar-refractivity contribution in [3.63, 3.8) is 0 Å². The smallest absolute Gasteiger partial charge is 0.315 e. The highest BCUT2D eigenvalue weighted by Crippen LogP contribution is 2.53. The standard InChI is InChI=1S/C39H43N3O2/c1-26(32-13-7-11-29-10-5-6-12-33(29)32)40-39(44)41-31-17-14-27(15-18-31)22-23-42-36-20-21-37(42)35-25-30(16-19-34(35)36)38(43)24-28-8-3-2-4-9-28/h2-13,16,19,25-27,31,36-37H,14-15,17-18,20-24H2,1H3,(H2,40,41,44)/t26-,27?,31?,36?,37?/m0/s1. The molecular formula is C39H43N3O2. The highest BCUT2D eigenvalue weighted by atomic mass is 16.2. The number of carbonyl (C=O) groups excluding carboxylic acids is 2. The molecule has 5 heteroatoms. The first-order valence-corrected chi connectivity index (χ1v) is 16.5. The molecule has 1 saturated heterocycles. The minimum Gasteiger partial charge on any atom is -0.335 e. The highest BCUT2D eigenvalue weighted by Gasteiger charge is 2.43. The van der Waals surface area contributed by atoms with Crippen molar-refractivity contribution in [3.05, 3.63) is 119 Å². The van der Waals surface area contributed by atoms with Crippen LogP contribution < -0.4 is 10.6 Å². The molecule has 1 aliphatic carbocycles. The molecule has 2 unspecified atom stereocenters. The average Bonchev–Trinajstić information content (AvgIpc) is 3.60. The van der Waals surface area contributed by atoms with E-state index >= 15 is 0 Å². The molecule has 7 rings (SSSR count). The van der Waals surface area contributed by atoms with E-state index in [0.717, 1.165) is 48.9 Å². The summed E-state index contributed by atoms with van der Waals surface area (Å²) in [4.78, 5) is 28.7. The zero-order chi connectivity index (χ0) is 30.0. The van der Waals surface area contributed by atoms with Gasteiger partial charge in [0.1, 0.15) is 0 Å². The summed E-state index contributed by atoms with van der Waals surface area (Å²) in [6.45, 7) is 3.18. The second kappa shape index (κ2) is 12.6. The van der Waals surface area contributed by atoms with Crippen LogP contribution in [0.3, 0.4) is 0 Å². The summed E-state index contributed by atoms with van der Waals surface area (Å²) in [5.74, 6) is 0.909. The SMILES string of the molecule is C[C@H](NC(=O)NC1CCC(CCN2C3CCC2c2cc(C(=O)Cc4ccccc4)ccc23)CC1)c1cccc2ccccc12. The molecule has 2 heterocycles. The van der Waals surface area contributed by atoms with Gasteiger partial charge in [-0.1, -0.05) is 84.9 Å². The van der Waals surface area contributed by atoms with Gasteiger partial charge in [-0.05, 0) is 103 Å². The summed E-state index contributed by atoms with van der Waals surface area (Å²) in [5.41, 5.74) is 5.89. The highest BCUT2D eigenvalue weighted by molar-refractivity contribution is 5.97. The number of rotatable bonds is 9. The Balaban J connectivity index is 0.884. The molecule has 2 N–H and O–H groups in total. The summed E-state index contributed by atoms with van der Waals surface area (Å²) < 4.78 is 0. The van der Waals surface area contributed by atoms with Crippen LogP contribution in [-0.4, -0.2) is 29.3 Å². The number of urea groups is 1.